The molecule has 3 nitrogen and oxygen atoms in total. The average Bonchev–Trinajstić information content (AvgIpc) is 2.62. The van der Waals surface area contributed by atoms with Crippen LogP contribution in [-0.2, 0) is 0 Å². The molecular weight excluding hydrogens is 254 g/mol. The highest BCUT2D eigenvalue weighted by atomic mass is 32.1. The van der Waals surface area contributed by atoms with E-state index in [1.165, 1.54) is 0 Å². The molecule has 19 heavy (non-hydrogen) atoms. The lowest BCUT2D eigenvalue weighted by molar-refractivity contribution is 0.457. The smallest absolute Gasteiger partial charge is 0.178 e. The van der Waals surface area contributed by atoms with Crippen LogP contribution in [0.3, 0.4) is 0 Å². The zero-order valence-electron chi connectivity index (χ0n) is 11.6. The zero-order valence-corrected chi connectivity index (χ0v) is 12.4. The van der Waals surface area contributed by atoms with E-state index in [9.17, 15) is 5.26 Å². The molecule has 1 aliphatic carbocycles. The van der Waals surface area contributed by atoms with Crippen molar-refractivity contribution in [2.45, 2.75) is 33.7 Å². The molecule has 1 aliphatic rings. The van der Waals surface area contributed by atoms with E-state index in [0.29, 0.717) is 16.4 Å². The number of hydrogen-bond acceptors (Lipinski definition) is 2. The molecule has 1 aromatic heterocycles. The van der Waals surface area contributed by atoms with Crippen molar-refractivity contribution in [3.05, 3.63) is 28.5 Å². The second-order valence-electron chi connectivity index (χ2n) is 6.46. The first kappa shape index (κ1) is 12.4. The molecule has 98 valence electrons. The summed E-state index contributed by atoms with van der Waals surface area (Å²) >= 11 is 5.48. The third-order valence-corrected chi connectivity index (χ3v) is 5.37. The van der Waals surface area contributed by atoms with Crippen LogP contribution in [0.25, 0.3) is 11.0 Å². The van der Waals surface area contributed by atoms with E-state index in [1.807, 2.05) is 18.2 Å². The van der Waals surface area contributed by atoms with E-state index >= 15 is 0 Å². The summed E-state index contributed by atoms with van der Waals surface area (Å²) in [6.07, 6.45) is 0. The van der Waals surface area contributed by atoms with Gasteiger partial charge in [-0.2, -0.15) is 5.26 Å². The van der Waals surface area contributed by atoms with Crippen molar-refractivity contribution >= 4 is 23.3 Å². The van der Waals surface area contributed by atoms with Crippen molar-refractivity contribution in [1.29, 1.82) is 5.26 Å². The molecular formula is C15H17N3S. The fraction of sp³-hybridized carbons (Fsp3) is 0.467. The van der Waals surface area contributed by atoms with Gasteiger partial charge in [0.1, 0.15) is 6.07 Å². The van der Waals surface area contributed by atoms with Crippen LogP contribution in [0, 0.1) is 26.9 Å². The average molecular weight is 271 g/mol. The minimum absolute atomic E-state index is 0.211. The van der Waals surface area contributed by atoms with Crippen molar-refractivity contribution in [2.24, 2.45) is 10.8 Å². The van der Waals surface area contributed by atoms with Crippen LogP contribution in [0.1, 0.15) is 39.3 Å². The fourth-order valence-electron chi connectivity index (χ4n) is 3.31. The number of fused-ring (bicyclic) bond motifs is 1. The summed E-state index contributed by atoms with van der Waals surface area (Å²) in [7, 11) is 0. The van der Waals surface area contributed by atoms with E-state index in [1.54, 1.807) is 0 Å². The summed E-state index contributed by atoms with van der Waals surface area (Å²) in [6.45, 7) is 9.08. The topological polar surface area (TPSA) is 44.5 Å². The molecule has 0 aliphatic heterocycles. The molecule has 1 aromatic carbocycles. The van der Waals surface area contributed by atoms with E-state index in [-0.39, 0.29) is 10.8 Å². The monoisotopic (exact) mass is 271 g/mol. The summed E-state index contributed by atoms with van der Waals surface area (Å²) in [5.41, 5.74) is 2.96. The number of nitriles is 1. The highest BCUT2D eigenvalue weighted by molar-refractivity contribution is 7.71. The molecule has 1 heterocycles. The van der Waals surface area contributed by atoms with E-state index in [2.05, 4.69) is 43.3 Å². The molecule has 0 spiro atoms. The molecule has 0 unspecified atom stereocenters. The van der Waals surface area contributed by atoms with Gasteiger partial charge in [0.25, 0.3) is 0 Å². The molecule has 2 aromatic rings. The van der Waals surface area contributed by atoms with Crippen LogP contribution in [0.5, 0.6) is 0 Å². The number of hydrogen-bond donors (Lipinski definition) is 1. The van der Waals surface area contributed by atoms with Gasteiger partial charge >= 0.3 is 0 Å². The Hall–Kier alpha value is -1.60. The van der Waals surface area contributed by atoms with Crippen molar-refractivity contribution < 1.29 is 0 Å². The van der Waals surface area contributed by atoms with Crippen LogP contribution >= 0.6 is 12.2 Å². The van der Waals surface area contributed by atoms with Gasteiger partial charge in [-0.25, -0.2) is 0 Å². The van der Waals surface area contributed by atoms with Crippen molar-refractivity contribution in [3.8, 4) is 6.07 Å². The van der Waals surface area contributed by atoms with Gasteiger partial charge in [-0.3, -0.25) is 0 Å². The number of para-hydroxylation sites is 1. The van der Waals surface area contributed by atoms with Crippen LogP contribution in [0.2, 0.25) is 0 Å². The quantitative estimate of drug-likeness (QED) is 0.791. The van der Waals surface area contributed by atoms with Gasteiger partial charge in [0, 0.05) is 6.04 Å². The molecule has 4 heteroatoms. The maximum Gasteiger partial charge on any atom is 0.178 e. The summed E-state index contributed by atoms with van der Waals surface area (Å²) in [5, 5.41) is 9.18. The predicted molar refractivity (Wildman–Crippen MR) is 78.4 cm³/mol. The maximum absolute atomic E-state index is 9.18. The molecule has 0 atom stereocenters. The van der Waals surface area contributed by atoms with Gasteiger partial charge in [-0.05, 0) is 35.2 Å². The first-order chi connectivity index (χ1) is 8.82. The number of nitrogens with zero attached hydrogens (tertiary/aromatic N) is 2. The highest BCUT2D eigenvalue weighted by Crippen LogP contribution is 2.71. The zero-order chi connectivity index (χ0) is 14.0. The summed E-state index contributed by atoms with van der Waals surface area (Å²) in [5.74, 6) is 0. The normalized spacial score (nSPS) is 20.4. The Bertz CT molecular complexity index is 757. The van der Waals surface area contributed by atoms with Crippen LogP contribution in [-0.4, -0.2) is 9.55 Å². The van der Waals surface area contributed by atoms with Gasteiger partial charge in [0.2, 0.25) is 0 Å². The molecule has 0 amide bonds. The lowest BCUT2D eigenvalue weighted by Crippen LogP contribution is -2.00. The Morgan fingerprint density at radius 3 is 2.42 bits per heavy atom. The number of H-pyrrole nitrogens is 1. The molecule has 0 saturated heterocycles. The van der Waals surface area contributed by atoms with Gasteiger partial charge in [-0.1, -0.05) is 33.8 Å². The minimum Gasteiger partial charge on any atom is -0.329 e. The molecule has 1 N–H and O–H groups in total. The Balaban J connectivity index is 2.31. The number of benzene rings is 1. The third-order valence-electron chi connectivity index (χ3n) is 5.08. The number of rotatable bonds is 1. The fourth-order valence-corrected chi connectivity index (χ4v) is 3.61. The highest BCUT2D eigenvalue weighted by Gasteiger charge is 2.66. The van der Waals surface area contributed by atoms with E-state index < -0.39 is 0 Å². The summed E-state index contributed by atoms with van der Waals surface area (Å²) in [4.78, 5) is 3.20. The minimum atomic E-state index is 0.211. The second kappa shape index (κ2) is 3.49. The van der Waals surface area contributed by atoms with E-state index in [4.69, 9.17) is 12.2 Å². The molecule has 1 fully saturated rings. The molecule has 3 rings (SSSR count). The van der Waals surface area contributed by atoms with E-state index in [0.717, 1.165) is 11.0 Å². The Labute approximate surface area is 117 Å². The Kier molecular flexibility index (Phi) is 2.28. The number of nitrogens with one attached hydrogen (secondary N) is 1. The van der Waals surface area contributed by atoms with Gasteiger partial charge < -0.3 is 9.55 Å². The molecule has 1 saturated carbocycles. The number of aromatic amines is 1. The van der Waals surface area contributed by atoms with Crippen molar-refractivity contribution in [2.75, 3.05) is 0 Å². The third kappa shape index (κ3) is 1.39. The Morgan fingerprint density at radius 2 is 1.89 bits per heavy atom. The maximum atomic E-state index is 9.18. The molecule has 0 bridgehead atoms. The summed E-state index contributed by atoms with van der Waals surface area (Å²) < 4.78 is 2.90. The van der Waals surface area contributed by atoms with Gasteiger partial charge in [-0.15, -0.1) is 0 Å². The lowest BCUT2D eigenvalue weighted by Gasteiger charge is -2.06. The van der Waals surface area contributed by atoms with Crippen LogP contribution in [0.4, 0.5) is 0 Å². The largest absolute Gasteiger partial charge is 0.329 e. The number of aromatic nitrogens is 2. The molecule has 0 radical (unpaired) electrons. The van der Waals surface area contributed by atoms with Crippen molar-refractivity contribution in [3.63, 3.8) is 0 Å². The summed E-state index contributed by atoms with van der Waals surface area (Å²) in [6, 6.07) is 8.37. The number of imidazole rings is 1. The standard InChI is InChI=1S/C15H17N3S/c1-14(2)12(15(14,3)4)18-10-7-5-6-9(8-16)11(10)17-13(18)19/h5-7,12H,1-4H3,(H,17,19). The van der Waals surface area contributed by atoms with Crippen molar-refractivity contribution in [1.82, 2.24) is 9.55 Å². The van der Waals surface area contributed by atoms with Crippen LogP contribution < -0.4 is 0 Å². The van der Waals surface area contributed by atoms with Gasteiger partial charge in [0.15, 0.2) is 4.77 Å². The second-order valence-corrected chi connectivity index (χ2v) is 6.84. The predicted octanol–water partition coefficient (Wildman–Crippen LogP) is 4.18. The van der Waals surface area contributed by atoms with Crippen LogP contribution in [0.15, 0.2) is 18.2 Å². The first-order valence-electron chi connectivity index (χ1n) is 6.45. The first-order valence-corrected chi connectivity index (χ1v) is 6.86. The Morgan fingerprint density at radius 1 is 1.26 bits per heavy atom. The van der Waals surface area contributed by atoms with Gasteiger partial charge in [0.05, 0.1) is 16.6 Å². The lowest BCUT2D eigenvalue weighted by atomic mass is 10.0. The SMILES string of the molecule is CC1(C)C(n2c(=S)[nH]c3c(C#N)cccc32)C1(C)C.